The monoisotopic (exact) mass is 523 g/mol. The van der Waals surface area contributed by atoms with Crippen LogP contribution in [0.15, 0.2) is 54.7 Å². The molecule has 1 aliphatic heterocycles. The summed E-state index contributed by atoms with van der Waals surface area (Å²) in [4.78, 5) is 43.6. The van der Waals surface area contributed by atoms with Gasteiger partial charge in [-0.25, -0.2) is 18.6 Å². The van der Waals surface area contributed by atoms with Crippen LogP contribution >= 0.6 is 0 Å². The Morgan fingerprint density at radius 2 is 1.82 bits per heavy atom. The molecular formula is C27H27F2N5O4. The first-order valence-electron chi connectivity index (χ1n) is 12.1. The van der Waals surface area contributed by atoms with Crippen molar-refractivity contribution >= 4 is 29.3 Å². The van der Waals surface area contributed by atoms with Gasteiger partial charge in [-0.05, 0) is 51.1 Å². The lowest BCUT2D eigenvalue weighted by atomic mass is 10.1. The van der Waals surface area contributed by atoms with Crippen molar-refractivity contribution in [3.8, 4) is 11.3 Å². The van der Waals surface area contributed by atoms with Crippen LogP contribution in [0.2, 0.25) is 0 Å². The molecule has 0 bridgehead atoms. The SMILES string of the molecule is CC(C)(C)OC(=O)N1CC(=O)c2cc(-c3ccnc(NC(=O)C4CC4(F)F)c3)n(Nc3ccccc3)c2C1. The molecule has 0 spiro atoms. The smallest absolute Gasteiger partial charge is 0.411 e. The van der Waals surface area contributed by atoms with Gasteiger partial charge in [-0.1, -0.05) is 18.2 Å². The lowest BCUT2D eigenvalue weighted by Crippen LogP contribution is -2.43. The van der Waals surface area contributed by atoms with Gasteiger partial charge in [-0.2, -0.15) is 0 Å². The number of ketones is 1. The third-order valence-corrected chi connectivity index (χ3v) is 6.19. The average Bonchev–Trinajstić information content (AvgIpc) is 3.34. The van der Waals surface area contributed by atoms with Crippen LogP contribution in [0.25, 0.3) is 11.3 Å². The minimum absolute atomic E-state index is 0.112. The molecule has 3 aromatic rings. The van der Waals surface area contributed by atoms with Crippen molar-refractivity contribution in [2.75, 3.05) is 17.3 Å². The van der Waals surface area contributed by atoms with Gasteiger partial charge in [0.2, 0.25) is 5.91 Å². The zero-order valence-electron chi connectivity index (χ0n) is 21.1. The van der Waals surface area contributed by atoms with Gasteiger partial charge >= 0.3 is 6.09 Å². The molecule has 2 amide bonds. The molecule has 5 rings (SSSR count). The first kappa shape index (κ1) is 25.4. The number of nitrogens with zero attached hydrogens (tertiary/aromatic N) is 3. The number of carbonyl (C=O) groups excluding carboxylic acids is 3. The molecule has 1 fully saturated rings. The number of para-hydroxylation sites is 1. The van der Waals surface area contributed by atoms with E-state index in [-0.39, 0.29) is 24.7 Å². The highest BCUT2D eigenvalue weighted by molar-refractivity contribution is 6.02. The number of Topliss-reactive ketones (excluding diaryl/α,β-unsaturated/α-hetero) is 1. The Morgan fingerprint density at radius 3 is 2.47 bits per heavy atom. The van der Waals surface area contributed by atoms with E-state index in [0.717, 1.165) is 5.69 Å². The summed E-state index contributed by atoms with van der Waals surface area (Å²) in [6.45, 7) is 5.24. The van der Waals surface area contributed by atoms with E-state index in [1.165, 1.54) is 11.1 Å². The second-order valence-electron chi connectivity index (χ2n) is 10.4. The number of alkyl halides is 2. The fraction of sp³-hybridized carbons (Fsp3) is 0.333. The van der Waals surface area contributed by atoms with Crippen molar-refractivity contribution in [2.24, 2.45) is 5.92 Å². The summed E-state index contributed by atoms with van der Waals surface area (Å²) < 4.78 is 33.9. The van der Waals surface area contributed by atoms with Crippen LogP contribution in [0.1, 0.15) is 43.2 Å². The quantitative estimate of drug-likeness (QED) is 0.490. The molecule has 38 heavy (non-hydrogen) atoms. The van der Waals surface area contributed by atoms with Crippen molar-refractivity contribution in [1.82, 2.24) is 14.6 Å². The van der Waals surface area contributed by atoms with Gasteiger partial charge in [0, 0.05) is 23.7 Å². The van der Waals surface area contributed by atoms with E-state index < -0.39 is 35.9 Å². The number of nitrogens with one attached hydrogen (secondary N) is 2. The predicted molar refractivity (Wildman–Crippen MR) is 136 cm³/mol. The molecule has 1 unspecified atom stereocenters. The maximum atomic E-state index is 13.3. The maximum absolute atomic E-state index is 13.3. The van der Waals surface area contributed by atoms with Crippen LogP contribution in [-0.2, 0) is 16.1 Å². The molecule has 3 heterocycles. The fourth-order valence-corrected chi connectivity index (χ4v) is 4.25. The summed E-state index contributed by atoms with van der Waals surface area (Å²) in [5.74, 6) is -5.29. The Bertz CT molecular complexity index is 1410. The molecule has 198 valence electrons. The lowest BCUT2D eigenvalue weighted by Gasteiger charge is -2.30. The van der Waals surface area contributed by atoms with Crippen LogP contribution in [-0.4, -0.2) is 50.4 Å². The highest BCUT2D eigenvalue weighted by atomic mass is 19.3. The Balaban J connectivity index is 1.51. The van der Waals surface area contributed by atoms with Crippen LogP contribution in [0, 0.1) is 5.92 Å². The first-order chi connectivity index (χ1) is 17.9. The number of fused-ring (bicyclic) bond motifs is 1. The molecule has 1 aromatic carbocycles. The second kappa shape index (κ2) is 9.23. The Kier molecular flexibility index (Phi) is 6.16. The number of hydrogen-bond donors (Lipinski definition) is 2. The maximum Gasteiger partial charge on any atom is 0.411 e. The zero-order chi connectivity index (χ0) is 27.2. The average molecular weight is 524 g/mol. The van der Waals surface area contributed by atoms with Crippen LogP contribution in [0.3, 0.4) is 0 Å². The third-order valence-electron chi connectivity index (χ3n) is 6.19. The van der Waals surface area contributed by atoms with Crippen LogP contribution in [0.4, 0.5) is 25.1 Å². The van der Waals surface area contributed by atoms with Gasteiger partial charge in [-0.3, -0.25) is 24.6 Å². The summed E-state index contributed by atoms with van der Waals surface area (Å²) in [6.07, 6.45) is 0.367. The van der Waals surface area contributed by atoms with Crippen molar-refractivity contribution < 1.29 is 27.9 Å². The van der Waals surface area contributed by atoms with E-state index in [0.29, 0.717) is 22.5 Å². The molecule has 1 aliphatic carbocycles. The number of carbonyl (C=O) groups is 3. The van der Waals surface area contributed by atoms with Crippen molar-refractivity contribution in [1.29, 1.82) is 0 Å². The minimum atomic E-state index is -2.99. The number of benzene rings is 1. The molecule has 0 radical (unpaired) electrons. The summed E-state index contributed by atoms with van der Waals surface area (Å²) in [5, 5.41) is 2.46. The summed E-state index contributed by atoms with van der Waals surface area (Å²) in [7, 11) is 0. The van der Waals surface area contributed by atoms with Crippen LogP contribution in [0.5, 0.6) is 0 Å². The molecule has 1 saturated carbocycles. The van der Waals surface area contributed by atoms with E-state index in [4.69, 9.17) is 4.74 Å². The molecular weight excluding hydrogens is 496 g/mol. The van der Waals surface area contributed by atoms with Crippen molar-refractivity contribution in [2.45, 2.75) is 45.3 Å². The predicted octanol–water partition coefficient (Wildman–Crippen LogP) is 4.95. The molecule has 2 aromatic heterocycles. The number of amides is 2. The normalized spacial score (nSPS) is 18.0. The van der Waals surface area contributed by atoms with Crippen LogP contribution < -0.4 is 10.7 Å². The van der Waals surface area contributed by atoms with Gasteiger partial charge in [0.25, 0.3) is 5.92 Å². The molecule has 9 nitrogen and oxygen atoms in total. The van der Waals surface area contributed by atoms with E-state index >= 15 is 0 Å². The molecule has 11 heteroatoms. The number of anilines is 2. The van der Waals surface area contributed by atoms with E-state index in [1.807, 2.05) is 30.3 Å². The van der Waals surface area contributed by atoms with Crippen molar-refractivity contribution in [3.05, 3.63) is 66.0 Å². The van der Waals surface area contributed by atoms with Gasteiger partial charge in [0.05, 0.1) is 30.2 Å². The Labute approximate surface area is 217 Å². The number of pyridine rings is 1. The fourth-order valence-electron chi connectivity index (χ4n) is 4.25. The van der Waals surface area contributed by atoms with Crippen molar-refractivity contribution in [3.63, 3.8) is 0 Å². The summed E-state index contributed by atoms with van der Waals surface area (Å²) >= 11 is 0. The second-order valence-corrected chi connectivity index (χ2v) is 10.4. The summed E-state index contributed by atoms with van der Waals surface area (Å²) in [5.41, 5.74) is 5.41. The number of aromatic nitrogens is 2. The minimum Gasteiger partial charge on any atom is -0.444 e. The van der Waals surface area contributed by atoms with Gasteiger partial charge in [-0.15, -0.1) is 0 Å². The standard InChI is InChI=1S/C27H27F2N5O4/c1-26(2,3)38-25(37)33-14-21-18(22(35)15-33)12-20(34(21)32-17-7-5-4-6-8-17)16-9-10-30-23(11-16)31-24(36)19-13-27(19,28)29/h4-12,19,32H,13-15H2,1-3H3,(H,30,31,36). The van der Waals surface area contributed by atoms with Gasteiger partial charge in [0.15, 0.2) is 5.78 Å². The molecule has 2 N–H and O–H groups in total. The highest BCUT2D eigenvalue weighted by Crippen LogP contribution is 2.49. The zero-order valence-corrected chi connectivity index (χ0v) is 21.1. The van der Waals surface area contributed by atoms with E-state index in [9.17, 15) is 23.2 Å². The van der Waals surface area contributed by atoms with Gasteiger partial charge < -0.3 is 10.1 Å². The lowest BCUT2D eigenvalue weighted by molar-refractivity contribution is -0.119. The third kappa shape index (κ3) is 5.22. The number of halogens is 2. The van der Waals surface area contributed by atoms with Gasteiger partial charge in [0.1, 0.15) is 17.3 Å². The summed E-state index contributed by atoms with van der Waals surface area (Å²) in [6, 6.07) is 14.2. The molecule has 1 atom stereocenters. The number of rotatable bonds is 5. The highest BCUT2D eigenvalue weighted by Gasteiger charge is 2.61. The molecule has 2 aliphatic rings. The van der Waals surface area contributed by atoms with E-state index in [2.05, 4.69) is 15.7 Å². The topological polar surface area (TPSA) is 106 Å². The number of hydrogen-bond acceptors (Lipinski definition) is 6. The Hall–Kier alpha value is -4.28. The van der Waals surface area contributed by atoms with E-state index in [1.54, 1.807) is 43.6 Å². The number of ether oxygens (including phenoxy) is 1. The largest absolute Gasteiger partial charge is 0.444 e. The Morgan fingerprint density at radius 1 is 1.11 bits per heavy atom. The first-order valence-corrected chi connectivity index (χ1v) is 12.1. The molecule has 0 saturated heterocycles.